The van der Waals surface area contributed by atoms with E-state index in [1.807, 2.05) is 49.4 Å². The summed E-state index contributed by atoms with van der Waals surface area (Å²) in [5.74, 6) is 0.828. The molecule has 0 aliphatic rings. The number of aldehydes is 1. The van der Waals surface area contributed by atoms with Gasteiger partial charge in [-0.05, 0) is 60.8 Å². The molecule has 0 spiro atoms. The van der Waals surface area contributed by atoms with Gasteiger partial charge in [0.2, 0.25) is 0 Å². The van der Waals surface area contributed by atoms with E-state index in [9.17, 15) is 4.79 Å². The predicted molar refractivity (Wildman–Crippen MR) is 79.0 cm³/mol. The Balaban J connectivity index is 2.03. The number of rotatable bonds is 5. The second-order valence-electron chi connectivity index (χ2n) is 4.07. The monoisotopic (exact) mass is 273 g/mol. The summed E-state index contributed by atoms with van der Waals surface area (Å²) < 4.78 is 8.33. The lowest BCUT2D eigenvalue weighted by molar-refractivity contribution is 0.112. The first-order chi connectivity index (χ1) is 9.22. The van der Waals surface area contributed by atoms with Gasteiger partial charge in [-0.3, -0.25) is 4.79 Å². The molecule has 0 bridgehead atoms. The van der Waals surface area contributed by atoms with E-state index >= 15 is 0 Å². The molecule has 2 aromatic carbocycles. The molecule has 98 valence electrons. The van der Waals surface area contributed by atoms with Crippen LogP contribution in [0.4, 0.5) is 5.69 Å². The fourth-order valence-corrected chi connectivity index (χ4v) is 2.28. The summed E-state index contributed by atoms with van der Waals surface area (Å²) in [6.45, 7) is 1.93. The molecular weight excluding hydrogens is 258 g/mol. The maximum atomic E-state index is 10.9. The van der Waals surface area contributed by atoms with Crippen LogP contribution in [0, 0.1) is 6.92 Å². The molecule has 0 aliphatic carbocycles. The summed E-state index contributed by atoms with van der Waals surface area (Å²) >= 11 is 1.48. The number of aryl methyl sites for hydroxylation is 1. The number of hydrogen-bond acceptors (Lipinski definition) is 4. The predicted octanol–water partition coefficient (Wildman–Crippen LogP) is 3.94. The van der Waals surface area contributed by atoms with Crippen molar-refractivity contribution in [2.75, 3.05) is 11.8 Å². The van der Waals surface area contributed by atoms with Crippen LogP contribution in [0.15, 0.2) is 47.4 Å². The quantitative estimate of drug-likeness (QED) is 0.661. The Kier molecular flexibility index (Phi) is 4.47. The molecule has 0 radical (unpaired) electrons. The standard InChI is InChI=1S/C15H15NO2S/c1-11-3-8-15(9-12(11)10-17)19-16-13-4-6-14(18-2)7-5-13/h3-10,16H,1-2H3. The molecule has 0 heterocycles. The molecule has 0 fully saturated rings. The number of ether oxygens (including phenoxy) is 1. The van der Waals surface area contributed by atoms with Crippen LogP contribution in [0.5, 0.6) is 5.75 Å². The first-order valence-corrected chi connectivity index (χ1v) is 6.67. The number of nitrogens with one attached hydrogen (secondary N) is 1. The minimum Gasteiger partial charge on any atom is -0.497 e. The molecule has 19 heavy (non-hydrogen) atoms. The van der Waals surface area contributed by atoms with Crippen LogP contribution >= 0.6 is 11.9 Å². The van der Waals surface area contributed by atoms with Crippen LogP contribution in [-0.2, 0) is 0 Å². The molecule has 0 unspecified atom stereocenters. The molecule has 0 aliphatic heterocycles. The van der Waals surface area contributed by atoms with Gasteiger partial charge >= 0.3 is 0 Å². The number of carbonyl (C=O) groups excluding carboxylic acids is 1. The number of methoxy groups -OCH3 is 1. The van der Waals surface area contributed by atoms with Crippen molar-refractivity contribution in [3.05, 3.63) is 53.6 Å². The third-order valence-electron chi connectivity index (χ3n) is 2.75. The van der Waals surface area contributed by atoms with Gasteiger partial charge in [-0.25, -0.2) is 0 Å². The van der Waals surface area contributed by atoms with E-state index in [1.54, 1.807) is 7.11 Å². The summed E-state index contributed by atoms with van der Waals surface area (Å²) in [5, 5.41) is 0. The molecule has 0 saturated carbocycles. The zero-order chi connectivity index (χ0) is 13.7. The van der Waals surface area contributed by atoms with Gasteiger partial charge in [-0.2, -0.15) is 0 Å². The van der Waals surface area contributed by atoms with Gasteiger partial charge in [0, 0.05) is 16.1 Å². The lowest BCUT2D eigenvalue weighted by Crippen LogP contribution is -1.90. The van der Waals surface area contributed by atoms with Crippen molar-refractivity contribution in [2.24, 2.45) is 0 Å². The van der Waals surface area contributed by atoms with Crippen molar-refractivity contribution in [1.29, 1.82) is 0 Å². The van der Waals surface area contributed by atoms with Gasteiger partial charge in [-0.15, -0.1) is 0 Å². The molecule has 0 saturated heterocycles. The minimum absolute atomic E-state index is 0.724. The average molecular weight is 273 g/mol. The zero-order valence-corrected chi connectivity index (χ0v) is 11.7. The van der Waals surface area contributed by atoms with Crippen molar-refractivity contribution in [1.82, 2.24) is 0 Å². The van der Waals surface area contributed by atoms with E-state index in [1.165, 1.54) is 11.9 Å². The summed E-state index contributed by atoms with van der Waals surface area (Å²) in [6.07, 6.45) is 0.882. The third kappa shape index (κ3) is 3.51. The third-order valence-corrected chi connectivity index (χ3v) is 3.58. The van der Waals surface area contributed by atoms with Gasteiger partial charge < -0.3 is 9.46 Å². The van der Waals surface area contributed by atoms with Gasteiger partial charge in [0.05, 0.1) is 7.11 Å². The van der Waals surface area contributed by atoms with Crippen molar-refractivity contribution in [3.63, 3.8) is 0 Å². The number of hydrogen-bond donors (Lipinski definition) is 1. The molecule has 2 aromatic rings. The number of anilines is 1. The molecule has 0 atom stereocenters. The molecule has 0 amide bonds. The van der Waals surface area contributed by atoms with Gasteiger partial charge in [0.1, 0.15) is 12.0 Å². The highest BCUT2D eigenvalue weighted by atomic mass is 32.2. The number of benzene rings is 2. The van der Waals surface area contributed by atoms with Gasteiger partial charge in [0.25, 0.3) is 0 Å². The van der Waals surface area contributed by atoms with Gasteiger partial charge in [0.15, 0.2) is 0 Å². The largest absolute Gasteiger partial charge is 0.497 e. The summed E-state index contributed by atoms with van der Waals surface area (Å²) in [7, 11) is 1.64. The zero-order valence-electron chi connectivity index (χ0n) is 10.8. The number of carbonyl (C=O) groups is 1. The lowest BCUT2D eigenvalue weighted by Gasteiger charge is -2.07. The molecule has 3 nitrogen and oxygen atoms in total. The topological polar surface area (TPSA) is 38.3 Å². The first kappa shape index (κ1) is 13.5. The Hall–Kier alpha value is -1.94. The maximum Gasteiger partial charge on any atom is 0.150 e. The molecule has 1 N–H and O–H groups in total. The Morgan fingerprint density at radius 1 is 1.16 bits per heavy atom. The SMILES string of the molecule is COc1ccc(NSc2ccc(C)c(C=O)c2)cc1. The summed E-state index contributed by atoms with van der Waals surface area (Å²) in [6, 6.07) is 13.5. The highest BCUT2D eigenvalue weighted by Gasteiger charge is 2.01. The van der Waals surface area contributed by atoms with E-state index in [0.29, 0.717) is 0 Å². The van der Waals surface area contributed by atoms with E-state index in [-0.39, 0.29) is 0 Å². The highest BCUT2D eigenvalue weighted by Crippen LogP contribution is 2.24. The van der Waals surface area contributed by atoms with Crippen molar-refractivity contribution < 1.29 is 9.53 Å². The molecule has 0 aromatic heterocycles. The first-order valence-electron chi connectivity index (χ1n) is 5.85. The van der Waals surface area contributed by atoms with Crippen LogP contribution in [0.25, 0.3) is 0 Å². The highest BCUT2D eigenvalue weighted by molar-refractivity contribution is 8.00. The molecule has 2 rings (SSSR count). The van der Waals surface area contributed by atoms with Crippen molar-refractivity contribution >= 4 is 23.9 Å². The summed E-state index contributed by atoms with van der Waals surface area (Å²) in [5.41, 5.74) is 2.70. The van der Waals surface area contributed by atoms with Crippen LogP contribution in [0.3, 0.4) is 0 Å². The Morgan fingerprint density at radius 2 is 1.89 bits per heavy atom. The Labute approximate surface area is 117 Å². The average Bonchev–Trinajstić information content (AvgIpc) is 2.47. The summed E-state index contributed by atoms with van der Waals surface area (Å²) in [4.78, 5) is 11.9. The van der Waals surface area contributed by atoms with Crippen molar-refractivity contribution in [2.45, 2.75) is 11.8 Å². The van der Waals surface area contributed by atoms with E-state index < -0.39 is 0 Å². The van der Waals surface area contributed by atoms with Gasteiger partial charge in [-0.1, -0.05) is 6.07 Å². The van der Waals surface area contributed by atoms with Crippen LogP contribution in [-0.4, -0.2) is 13.4 Å². The second kappa shape index (κ2) is 6.29. The lowest BCUT2D eigenvalue weighted by atomic mass is 10.1. The minimum atomic E-state index is 0.724. The normalized spacial score (nSPS) is 10.0. The molecular formula is C15H15NO2S. The van der Waals surface area contributed by atoms with Crippen LogP contribution in [0.2, 0.25) is 0 Å². The van der Waals surface area contributed by atoms with E-state index in [0.717, 1.165) is 33.7 Å². The van der Waals surface area contributed by atoms with E-state index in [4.69, 9.17) is 4.74 Å². The fourth-order valence-electron chi connectivity index (χ4n) is 1.59. The second-order valence-corrected chi connectivity index (χ2v) is 4.95. The fraction of sp³-hybridized carbons (Fsp3) is 0.133. The Bertz CT molecular complexity index is 567. The van der Waals surface area contributed by atoms with Crippen LogP contribution in [0.1, 0.15) is 15.9 Å². The smallest absolute Gasteiger partial charge is 0.150 e. The van der Waals surface area contributed by atoms with E-state index in [2.05, 4.69) is 4.72 Å². The maximum absolute atomic E-state index is 10.9. The molecule has 4 heteroatoms. The Morgan fingerprint density at radius 3 is 2.53 bits per heavy atom. The van der Waals surface area contributed by atoms with Crippen molar-refractivity contribution in [3.8, 4) is 5.75 Å². The van der Waals surface area contributed by atoms with Crippen LogP contribution < -0.4 is 9.46 Å².